The Morgan fingerprint density at radius 2 is 1.64 bits per heavy atom. The minimum Gasteiger partial charge on any atom is -0.342 e. The molecule has 4 aromatic rings. The number of aromatic nitrogens is 1. The van der Waals surface area contributed by atoms with Gasteiger partial charge < -0.3 is 4.57 Å². The number of aryl methyl sites for hydroxylation is 2. The van der Waals surface area contributed by atoms with Gasteiger partial charge in [0.25, 0.3) is 5.91 Å². The minimum absolute atomic E-state index is 0.0370. The molecule has 1 aromatic heterocycles. The molecule has 1 amide bonds. The molecule has 7 heteroatoms. The largest absolute Gasteiger partial charge is 0.342 e. The molecule has 0 bridgehead atoms. The van der Waals surface area contributed by atoms with Crippen LogP contribution in [0.2, 0.25) is 0 Å². The van der Waals surface area contributed by atoms with Gasteiger partial charge in [-0.15, -0.1) is 0 Å². The van der Waals surface area contributed by atoms with Crippen molar-refractivity contribution in [3.63, 3.8) is 0 Å². The van der Waals surface area contributed by atoms with Crippen LogP contribution in [-0.2, 0) is 11.3 Å². The number of para-hydroxylation sites is 1. The number of carbonyl (C=O) groups is 1. The summed E-state index contributed by atoms with van der Waals surface area (Å²) < 4.78 is 2.18. The van der Waals surface area contributed by atoms with Crippen LogP contribution in [0.1, 0.15) is 27.8 Å². The number of carbonyl (C=O) groups excluding carboxylic acids is 1. The first-order valence-electron chi connectivity index (χ1n) is 11.7. The monoisotopic (exact) mass is 489 g/mol. The number of nitrogens with one attached hydrogen (secondary N) is 1. The van der Waals surface area contributed by atoms with Crippen molar-refractivity contribution in [2.45, 2.75) is 20.4 Å². The molecule has 176 valence electrons. The summed E-state index contributed by atoms with van der Waals surface area (Å²) in [6.45, 7) is 4.82. The zero-order chi connectivity index (χ0) is 24.8. The van der Waals surface area contributed by atoms with Crippen molar-refractivity contribution in [1.82, 2.24) is 9.58 Å². The van der Waals surface area contributed by atoms with Crippen LogP contribution in [0.3, 0.4) is 0 Å². The first kappa shape index (κ1) is 22.2. The minimum atomic E-state index is -0.422. The lowest BCUT2D eigenvalue weighted by Gasteiger charge is -2.20. The number of hydrogen-bond donors (Lipinski definition) is 1. The Hall–Kier alpha value is -4.23. The van der Waals surface area contributed by atoms with Crippen LogP contribution in [0.4, 0.5) is 0 Å². The number of thioether (sulfide) groups is 1. The van der Waals surface area contributed by atoms with Crippen molar-refractivity contribution in [3.05, 3.63) is 112 Å². The summed E-state index contributed by atoms with van der Waals surface area (Å²) in [4.78, 5) is 17.3. The fraction of sp³-hybridized carbons (Fsp3) is 0.103. The quantitative estimate of drug-likeness (QED) is 0.359. The second-order valence-electron chi connectivity index (χ2n) is 9.01. The van der Waals surface area contributed by atoms with Crippen molar-refractivity contribution in [3.8, 4) is 0 Å². The van der Waals surface area contributed by atoms with Crippen LogP contribution >= 0.6 is 11.8 Å². The van der Waals surface area contributed by atoms with Gasteiger partial charge in [0.2, 0.25) is 5.17 Å². The molecule has 0 radical (unpaired) electrons. The lowest BCUT2D eigenvalue weighted by atomic mass is 10.1. The Morgan fingerprint density at radius 1 is 0.944 bits per heavy atom. The van der Waals surface area contributed by atoms with Gasteiger partial charge in [-0.25, -0.2) is 0 Å². The van der Waals surface area contributed by atoms with Gasteiger partial charge in [-0.2, -0.15) is 15.1 Å². The molecule has 0 saturated carbocycles. The number of nitrogens with zero attached hydrogens (tertiary/aromatic N) is 4. The SMILES string of the molecule is Cc1ccc(Cn2cc(/C=C3/C(=N)N4N=C(c5ccc(C)cc5)SC4=NC3=O)c3ccccc32)cc1. The number of benzene rings is 3. The van der Waals surface area contributed by atoms with E-state index in [9.17, 15) is 4.79 Å². The van der Waals surface area contributed by atoms with Gasteiger partial charge in [-0.1, -0.05) is 77.9 Å². The molecule has 0 aliphatic carbocycles. The predicted molar refractivity (Wildman–Crippen MR) is 148 cm³/mol. The molecule has 3 heterocycles. The summed E-state index contributed by atoms with van der Waals surface area (Å²) in [5.74, 6) is -0.385. The van der Waals surface area contributed by atoms with E-state index in [0.717, 1.165) is 32.6 Å². The second kappa shape index (κ2) is 8.77. The van der Waals surface area contributed by atoms with E-state index in [-0.39, 0.29) is 11.4 Å². The van der Waals surface area contributed by atoms with Gasteiger partial charge in [0.15, 0.2) is 5.84 Å². The maximum atomic E-state index is 13.0. The standard InChI is InChI=1S/C29H23N5OS/c1-18-7-11-20(12-8-18)16-33-17-22(23-5-3-4-6-25(23)33)15-24-26(30)34-29(31-27(24)35)36-28(32-34)21-13-9-19(2)10-14-21/h3-15,17,30H,16H2,1-2H3/b24-15-,30-26?. The van der Waals surface area contributed by atoms with E-state index in [0.29, 0.717) is 11.7 Å². The van der Waals surface area contributed by atoms with E-state index < -0.39 is 5.91 Å². The van der Waals surface area contributed by atoms with E-state index in [1.807, 2.05) is 55.6 Å². The number of hydrazone groups is 1. The number of hydrogen-bond acceptors (Lipinski definition) is 4. The summed E-state index contributed by atoms with van der Waals surface area (Å²) in [6.07, 6.45) is 3.81. The molecule has 0 unspecified atom stereocenters. The maximum Gasteiger partial charge on any atom is 0.283 e. The van der Waals surface area contributed by atoms with Gasteiger partial charge in [0, 0.05) is 34.8 Å². The van der Waals surface area contributed by atoms with Crippen molar-refractivity contribution in [2.24, 2.45) is 10.1 Å². The van der Waals surface area contributed by atoms with Crippen LogP contribution in [0.5, 0.6) is 0 Å². The van der Waals surface area contributed by atoms with Gasteiger partial charge in [0.1, 0.15) is 5.04 Å². The van der Waals surface area contributed by atoms with Gasteiger partial charge in [-0.05, 0) is 43.3 Å². The van der Waals surface area contributed by atoms with Gasteiger partial charge in [0.05, 0.1) is 5.57 Å². The van der Waals surface area contributed by atoms with Crippen molar-refractivity contribution in [1.29, 1.82) is 5.41 Å². The lowest BCUT2D eigenvalue weighted by Crippen LogP contribution is -2.35. The van der Waals surface area contributed by atoms with E-state index in [1.165, 1.54) is 27.9 Å². The van der Waals surface area contributed by atoms with E-state index in [4.69, 9.17) is 5.41 Å². The molecule has 0 atom stereocenters. The van der Waals surface area contributed by atoms with E-state index in [1.54, 1.807) is 6.08 Å². The highest BCUT2D eigenvalue weighted by molar-refractivity contribution is 8.27. The molecule has 0 saturated heterocycles. The molecule has 1 N–H and O–H groups in total. The number of aliphatic imine (C=N–C) groups is 1. The number of amides is 1. The topological polar surface area (TPSA) is 73.8 Å². The summed E-state index contributed by atoms with van der Waals surface area (Å²) in [7, 11) is 0. The highest BCUT2D eigenvalue weighted by Gasteiger charge is 2.36. The molecule has 36 heavy (non-hydrogen) atoms. The van der Waals surface area contributed by atoms with Crippen LogP contribution < -0.4 is 0 Å². The van der Waals surface area contributed by atoms with Crippen LogP contribution in [0.25, 0.3) is 17.0 Å². The smallest absolute Gasteiger partial charge is 0.283 e. The fourth-order valence-electron chi connectivity index (χ4n) is 4.37. The maximum absolute atomic E-state index is 13.0. The molecule has 0 fully saturated rings. The molecule has 2 aliphatic rings. The van der Waals surface area contributed by atoms with Crippen LogP contribution in [0.15, 0.2) is 94.7 Å². The third-order valence-electron chi connectivity index (χ3n) is 6.35. The third-order valence-corrected chi connectivity index (χ3v) is 7.30. The number of fused-ring (bicyclic) bond motifs is 2. The first-order valence-corrected chi connectivity index (χ1v) is 12.5. The second-order valence-corrected chi connectivity index (χ2v) is 9.96. The molecular formula is C29H23N5OS. The Labute approximate surface area is 213 Å². The molecule has 6 rings (SSSR count). The summed E-state index contributed by atoms with van der Waals surface area (Å²) in [6, 6.07) is 24.6. The average Bonchev–Trinajstić information content (AvgIpc) is 3.45. The average molecular weight is 490 g/mol. The zero-order valence-corrected chi connectivity index (χ0v) is 20.7. The number of rotatable bonds is 4. The summed E-state index contributed by atoms with van der Waals surface area (Å²) in [5, 5.41) is 17.0. The van der Waals surface area contributed by atoms with E-state index >= 15 is 0 Å². The Kier molecular flexibility index (Phi) is 5.42. The van der Waals surface area contributed by atoms with Gasteiger partial charge in [-0.3, -0.25) is 10.2 Å². The molecule has 2 aliphatic heterocycles. The highest BCUT2D eigenvalue weighted by atomic mass is 32.2. The first-order chi connectivity index (χ1) is 17.5. The summed E-state index contributed by atoms with van der Waals surface area (Å²) in [5.41, 5.74) is 6.69. The Balaban J connectivity index is 1.36. The van der Waals surface area contributed by atoms with Crippen LogP contribution in [-0.4, -0.2) is 31.5 Å². The summed E-state index contributed by atoms with van der Waals surface area (Å²) >= 11 is 1.31. The third kappa shape index (κ3) is 3.97. The Bertz CT molecular complexity index is 1620. The molecule has 3 aromatic carbocycles. The van der Waals surface area contributed by atoms with Crippen LogP contribution in [0, 0.1) is 19.3 Å². The van der Waals surface area contributed by atoms with Crippen molar-refractivity contribution >= 4 is 50.7 Å². The van der Waals surface area contributed by atoms with Gasteiger partial charge >= 0.3 is 0 Å². The zero-order valence-electron chi connectivity index (χ0n) is 19.9. The van der Waals surface area contributed by atoms with Crippen molar-refractivity contribution < 1.29 is 4.79 Å². The highest BCUT2D eigenvalue weighted by Crippen LogP contribution is 2.32. The number of amidine groups is 2. The normalized spacial score (nSPS) is 16.5. The Morgan fingerprint density at radius 3 is 2.39 bits per heavy atom. The lowest BCUT2D eigenvalue weighted by molar-refractivity contribution is -0.114. The molecule has 6 nitrogen and oxygen atoms in total. The van der Waals surface area contributed by atoms with E-state index in [2.05, 4.69) is 51.9 Å². The predicted octanol–water partition coefficient (Wildman–Crippen LogP) is 5.97. The fourth-order valence-corrected chi connectivity index (χ4v) is 5.27. The van der Waals surface area contributed by atoms with Crippen molar-refractivity contribution in [2.75, 3.05) is 0 Å². The molecular weight excluding hydrogens is 466 g/mol. The molecule has 0 spiro atoms.